The smallest absolute Gasteiger partial charge is 0.254 e. The summed E-state index contributed by atoms with van der Waals surface area (Å²) in [6.45, 7) is 11.8. The topological polar surface area (TPSA) is 114 Å². The molecule has 0 spiro atoms. The Balaban J connectivity index is 5.29. The normalized spacial score (nSPS) is 14.3. The van der Waals surface area contributed by atoms with Crippen LogP contribution in [0.1, 0.15) is 48.5 Å². The van der Waals surface area contributed by atoms with E-state index in [0.717, 1.165) is 0 Å². The molecule has 3 amide bonds. The van der Waals surface area contributed by atoms with Crippen molar-refractivity contribution in [2.24, 2.45) is 21.6 Å². The third-order valence-electron chi connectivity index (χ3n) is 2.55. The standard InChI is InChI=1S/C14H26N4O3/c1-8(9(15)19)16-12(17-10(20)13(2,3)4)18-11(21)14(5,6)7/h8H,1-7H3,(H2,15,19)(H2,16,17,18,20,21)/t8-/m0/s1. The van der Waals surface area contributed by atoms with Crippen LogP contribution in [0.2, 0.25) is 0 Å². The summed E-state index contributed by atoms with van der Waals surface area (Å²) >= 11 is 0. The van der Waals surface area contributed by atoms with Gasteiger partial charge in [0.15, 0.2) is 0 Å². The van der Waals surface area contributed by atoms with Crippen LogP contribution in [0, 0.1) is 10.8 Å². The lowest BCUT2D eigenvalue weighted by Gasteiger charge is -2.21. The van der Waals surface area contributed by atoms with Gasteiger partial charge in [-0.3, -0.25) is 19.7 Å². The molecule has 0 bridgehead atoms. The largest absolute Gasteiger partial charge is 0.368 e. The Morgan fingerprint density at radius 3 is 1.81 bits per heavy atom. The average Bonchev–Trinajstić information content (AvgIpc) is 2.25. The van der Waals surface area contributed by atoms with Gasteiger partial charge < -0.3 is 11.1 Å². The summed E-state index contributed by atoms with van der Waals surface area (Å²) in [7, 11) is 0. The van der Waals surface area contributed by atoms with E-state index in [9.17, 15) is 14.4 Å². The van der Waals surface area contributed by atoms with E-state index in [2.05, 4.69) is 15.6 Å². The molecule has 0 fully saturated rings. The van der Waals surface area contributed by atoms with Crippen LogP contribution in [0.5, 0.6) is 0 Å². The number of amides is 3. The van der Waals surface area contributed by atoms with Crippen molar-refractivity contribution in [3.05, 3.63) is 0 Å². The monoisotopic (exact) mass is 298 g/mol. The van der Waals surface area contributed by atoms with Crippen LogP contribution in [0.25, 0.3) is 0 Å². The predicted molar refractivity (Wildman–Crippen MR) is 81.3 cm³/mol. The molecule has 120 valence electrons. The van der Waals surface area contributed by atoms with Crippen molar-refractivity contribution in [3.8, 4) is 0 Å². The molecular weight excluding hydrogens is 272 g/mol. The third kappa shape index (κ3) is 6.87. The Labute approximate surface area is 125 Å². The van der Waals surface area contributed by atoms with Crippen LogP contribution in [-0.2, 0) is 14.4 Å². The van der Waals surface area contributed by atoms with E-state index >= 15 is 0 Å². The SMILES string of the molecule is C[C@H](N/C(=N\C(=O)C(C)(C)C)NC(=O)C(C)(C)C)C(N)=O. The number of aliphatic imine (C=N–C) groups is 1. The van der Waals surface area contributed by atoms with E-state index in [1.807, 2.05) is 0 Å². The maximum Gasteiger partial charge on any atom is 0.254 e. The van der Waals surface area contributed by atoms with Crippen LogP contribution in [0.3, 0.4) is 0 Å². The lowest BCUT2D eigenvalue weighted by Crippen LogP contribution is -2.52. The highest BCUT2D eigenvalue weighted by Crippen LogP contribution is 2.15. The minimum atomic E-state index is -0.767. The Morgan fingerprint density at radius 2 is 1.48 bits per heavy atom. The minimum Gasteiger partial charge on any atom is -0.368 e. The molecule has 0 aromatic rings. The van der Waals surface area contributed by atoms with Gasteiger partial charge in [0.1, 0.15) is 6.04 Å². The van der Waals surface area contributed by atoms with Crippen LogP contribution in [-0.4, -0.2) is 29.7 Å². The second kappa shape index (κ2) is 6.69. The molecule has 0 heterocycles. The summed E-state index contributed by atoms with van der Waals surface area (Å²) in [5.41, 5.74) is 3.80. The van der Waals surface area contributed by atoms with E-state index < -0.39 is 28.7 Å². The highest BCUT2D eigenvalue weighted by atomic mass is 16.2. The molecule has 0 radical (unpaired) electrons. The number of hydrogen-bond donors (Lipinski definition) is 3. The maximum atomic E-state index is 12.0. The van der Waals surface area contributed by atoms with Crippen LogP contribution in [0.15, 0.2) is 4.99 Å². The molecule has 0 aliphatic carbocycles. The number of hydrogen-bond acceptors (Lipinski definition) is 3. The van der Waals surface area contributed by atoms with E-state index in [-0.39, 0.29) is 11.9 Å². The van der Waals surface area contributed by atoms with Gasteiger partial charge in [0, 0.05) is 10.8 Å². The van der Waals surface area contributed by atoms with Gasteiger partial charge in [-0.25, -0.2) is 0 Å². The Morgan fingerprint density at radius 1 is 1.00 bits per heavy atom. The number of carbonyl (C=O) groups excluding carboxylic acids is 3. The van der Waals surface area contributed by atoms with Gasteiger partial charge in [0.05, 0.1) is 0 Å². The average molecular weight is 298 g/mol. The summed E-state index contributed by atoms with van der Waals surface area (Å²) in [5, 5.41) is 5.16. The van der Waals surface area contributed by atoms with Gasteiger partial charge in [-0.1, -0.05) is 41.5 Å². The lowest BCUT2D eigenvalue weighted by molar-refractivity contribution is -0.127. The fourth-order valence-electron chi connectivity index (χ4n) is 0.937. The van der Waals surface area contributed by atoms with Crippen molar-refractivity contribution in [3.63, 3.8) is 0 Å². The van der Waals surface area contributed by atoms with Crippen molar-refractivity contribution in [2.45, 2.75) is 54.5 Å². The molecule has 0 aliphatic heterocycles. The van der Waals surface area contributed by atoms with Gasteiger partial charge in [-0.15, -0.1) is 0 Å². The fourth-order valence-corrected chi connectivity index (χ4v) is 0.937. The van der Waals surface area contributed by atoms with E-state index in [1.165, 1.54) is 6.92 Å². The molecule has 0 unspecified atom stereocenters. The molecule has 0 rings (SSSR count). The van der Waals surface area contributed by atoms with Gasteiger partial charge in [-0.2, -0.15) is 4.99 Å². The van der Waals surface area contributed by atoms with Crippen molar-refractivity contribution in [1.82, 2.24) is 10.6 Å². The number of nitrogens with two attached hydrogens (primary N) is 1. The molecule has 0 aliphatic rings. The highest BCUT2D eigenvalue weighted by Gasteiger charge is 2.26. The predicted octanol–water partition coefficient (Wildman–Crippen LogP) is 0.541. The molecule has 0 aromatic heterocycles. The molecule has 0 saturated heterocycles. The summed E-state index contributed by atoms with van der Waals surface area (Å²) < 4.78 is 0. The minimum absolute atomic E-state index is 0.0684. The Kier molecular flexibility index (Phi) is 6.08. The molecule has 7 nitrogen and oxygen atoms in total. The summed E-state index contributed by atoms with van der Waals surface area (Å²) in [5.74, 6) is -1.43. The second-order valence-corrected chi connectivity index (χ2v) is 6.99. The van der Waals surface area contributed by atoms with Gasteiger partial charge in [0.2, 0.25) is 17.8 Å². The van der Waals surface area contributed by atoms with Crippen LogP contribution in [0.4, 0.5) is 0 Å². The van der Waals surface area contributed by atoms with Crippen LogP contribution >= 0.6 is 0 Å². The number of guanidine groups is 1. The maximum absolute atomic E-state index is 12.0. The lowest BCUT2D eigenvalue weighted by atomic mass is 9.95. The third-order valence-corrected chi connectivity index (χ3v) is 2.55. The molecular formula is C14H26N4O3. The summed E-state index contributed by atoms with van der Waals surface area (Å²) in [6.07, 6.45) is 0. The van der Waals surface area contributed by atoms with Crippen molar-refractivity contribution < 1.29 is 14.4 Å². The van der Waals surface area contributed by atoms with E-state index in [0.29, 0.717) is 0 Å². The van der Waals surface area contributed by atoms with Crippen molar-refractivity contribution >= 4 is 23.7 Å². The molecule has 0 aromatic carbocycles. The van der Waals surface area contributed by atoms with Gasteiger partial charge in [-0.05, 0) is 6.92 Å². The van der Waals surface area contributed by atoms with Gasteiger partial charge >= 0.3 is 0 Å². The zero-order valence-electron chi connectivity index (χ0n) is 13.8. The Bertz CT molecular complexity index is 456. The fraction of sp³-hybridized carbons (Fsp3) is 0.714. The summed E-state index contributed by atoms with van der Waals surface area (Å²) in [4.78, 5) is 38.9. The number of primary amides is 1. The first-order valence-corrected chi connectivity index (χ1v) is 6.75. The van der Waals surface area contributed by atoms with Crippen molar-refractivity contribution in [2.75, 3.05) is 0 Å². The number of rotatable bonds is 2. The van der Waals surface area contributed by atoms with Crippen LogP contribution < -0.4 is 16.4 Å². The highest BCUT2D eigenvalue weighted by molar-refractivity contribution is 6.05. The van der Waals surface area contributed by atoms with E-state index in [1.54, 1.807) is 41.5 Å². The zero-order chi connectivity index (χ0) is 17.0. The first-order valence-electron chi connectivity index (χ1n) is 6.75. The van der Waals surface area contributed by atoms with E-state index in [4.69, 9.17) is 5.73 Å². The summed E-state index contributed by atoms with van der Waals surface area (Å²) in [6, 6.07) is -0.767. The molecule has 1 atom stereocenters. The van der Waals surface area contributed by atoms with Crippen molar-refractivity contribution in [1.29, 1.82) is 0 Å². The number of nitrogens with one attached hydrogen (secondary N) is 2. The number of carbonyl (C=O) groups is 3. The zero-order valence-corrected chi connectivity index (χ0v) is 13.8. The molecule has 0 saturated carbocycles. The first-order chi connectivity index (χ1) is 9.25. The Hall–Kier alpha value is -1.92. The number of nitrogens with zero attached hydrogens (tertiary/aromatic N) is 1. The molecule has 7 heteroatoms. The van der Waals surface area contributed by atoms with Gasteiger partial charge in [0.25, 0.3) is 5.91 Å². The molecule has 21 heavy (non-hydrogen) atoms. The first kappa shape index (κ1) is 19.1. The molecule has 4 N–H and O–H groups in total. The second-order valence-electron chi connectivity index (χ2n) is 6.99. The quantitative estimate of drug-likeness (QED) is 0.510.